The number of rotatable bonds is 6. The molecule has 0 aromatic heterocycles. The molecule has 0 aliphatic carbocycles. The van der Waals surface area contributed by atoms with Crippen LogP contribution in [0.1, 0.15) is 13.8 Å². The molecule has 0 amide bonds. The Kier molecular flexibility index (Phi) is 7.77. The molecule has 0 aromatic carbocycles. The van der Waals surface area contributed by atoms with Crippen molar-refractivity contribution >= 4 is 0 Å². The molecule has 0 fully saturated rings. The molecule has 1 radical (unpaired) electrons. The molecule has 0 unspecified atom stereocenters. The summed E-state index contributed by atoms with van der Waals surface area (Å²) in [6, 6.07) is 0. The Labute approximate surface area is 56.3 Å². The summed E-state index contributed by atoms with van der Waals surface area (Å²) >= 11 is 0. The lowest BCUT2D eigenvalue weighted by Crippen LogP contribution is -2.13. The van der Waals surface area contributed by atoms with E-state index in [0.29, 0.717) is 13.5 Å². The van der Waals surface area contributed by atoms with Gasteiger partial charge in [0.1, 0.15) is 13.5 Å². The van der Waals surface area contributed by atoms with Crippen LogP contribution in [0.15, 0.2) is 0 Å². The maximum absolute atomic E-state index is 4.93. The van der Waals surface area contributed by atoms with Crippen molar-refractivity contribution in [2.75, 3.05) is 26.7 Å². The quantitative estimate of drug-likeness (QED) is 0.495. The van der Waals surface area contributed by atoms with Crippen LogP contribution < -0.4 is 5.32 Å². The van der Waals surface area contributed by atoms with Gasteiger partial charge in [-0.1, -0.05) is 0 Å². The molecule has 0 spiro atoms. The smallest absolute Gasteiger partial charge is 0.115 e. The fraction of sp³-hybridized carbons (Fsp3) is 1.00. The number of hydrogen-bond acceptors (Lipinski definition) is 2. The van der Waals surface area contributed by atoms with E-state index >= 15 is 0 Å². The van der Waals surface area contributed by atoms with Crippen LogP contribution in [0, 0.1) is 0 Å². The van der Waals surface area contributed by atoms with Gasteiger partial charge in [0.25, 0.3) is 0 Å². The second kappa shape index (κ2) is 7.88. The van der Waals surface area contributed by atoms with Crippen LogP contribution in [-0.4, -0.2) is 26.7 Å². The van der Waals surface area contributed by atoms with E-state index in [9.17, 15) is 0 Å². The normalized spacial score (nSPS) is 10.0. The van der Waals surface area contributed by atoms with Crippen LogP contribution in [0.5, 0.6) is 0 Å². The fourth-order valence-electron chi connectivity index (χ4n) is 0.349. The first kappa shape index (κ1) is 8.88. The zero-order chi connectivity index (χ0) is 6.95. The summed E-state index contributed by atoms with van der Waals surface area (Å²) in [5.74, 6) is 0. The monoisotopic (exact) mass is 132 g/mol. The molecule has 0 aromatic rings. The summed E-state index contributed by atoms with van der Waals surface area (Å²) < 4.78 is 9.87. The molecule has 0 saturated carbocycles. The van der Waals surface area contributed by atoms with Crippen LogP contribution in [0.4, 0.5) is 0 Å². The van der Waals surface area contributed by atoms with Crippen molar-refractivity contribution in [3.63, 3.8) is 0 Å². The summed E-state index contributed by atoms with van der Waals surface area (Å²) in [5, 5.41) is 3.91. The Hall–Kier alpha value is -0.120. The van der Waals surface area contributed by atoms with E-state index in [4.69, 9.17) is 9.47 Å². The van der Waals surface area contributed by atoms with Gasteiger partial charge in [0.2, 0.25) is 0 Å². The standard InChI is InChI=1S/C6H14NO2/c1-3-8-5-7-6-9-4-2/h3-6H2,1-2H3. The highest BCUT2D eigenvalue weighted by molar-refractivity contribution is 4.22. The zero-order valence-electron chi connectivity index (χ0n) is 6.09. The SMILES string of the molecule is CCOC[N]COCC. The highest BCUT2D eigenvalue weighted by Gasteiger charge is 1.83. The molecule has 0 N–H and O–H groups in total. The van der Waals surface area contributed by atoms with Crippen molar-refractivity contribution in [2.45, 2.75) is 13.8 Å². The van der Waals surface area contributed by atoms with E-state index in [1.807, 2.05) is 13.8 Å². The Morgan fingerprint density at radius 2 is 1.44 bits per heavy atom. The molecule has 0 heterocycles. The van der Waals surface area contributed by atoms with Gasteiger partial charge < -0.3 is 9.47 Å². The maximum Gasteiger partial charge on any atom is 0.115 e. The summed E-state index contributed by atoms with van der Waals surface area (Å²) in [4.78, 5) is 0. The van der Waals surface area contributed by atoms with E-state index < -0.39 is 0 Å². The molecule has 3 heteroatoms. The Balaban J connectivity index is 2.60. The van der Waals surface area contributed by atoms with Gasteiger partial charge in [-0.25, -0.2) is 0 Å². The van der Waals surface area contributed by atoms with Crippen molar-refractivity contribution in [1.29, 1.82) is 0 Å². The van der Waals surface area contributed by atoms with E-state index in [1.165, 1.54) is 0 Å². The number of nitrogens with zero attached hydrogens (tertiary/aromatic N) is 1. The maximum atomic E-state index is 4.93. The molecule has 3 nitrogen and oxygen atoms in total. The summed E-state index contributed by atoms with van der Waals surface area (Å²) in [7, 11) is 0. The lowest BCUT2D eigenvalue weighted by molar-refractivity contribution is 0.0659. The lowest BCUT2D eigenvalue weighted by Gasteiger charge is -2.00. The fourth-order valence-corrected chi connectivity index (χ4v) is 0.349. The minimum Gasteiger partial charge on any atom is -0.365 e. The molecule has 0 rings (SSSR count). The van der Waals surface area contributed by atoms with E-state index in [0.717, 1.165) is 13.2 Å². The Morgan fingerprint density at radius 3 is 1.78 bits per heavy atom. The third kappa shape index (κ3) is 7.88. The zero-order valence-corrected chi connectivity index (χ0v) is 6.09. The van der Waals surface area contributed by atoms with Gasteiger partial charge in [-0.15, -0.1) is 0 Å². The first-order valence-electron chi connectivity index (χ1n) is 3.20. The molecular formula is C6H14NO2. The molecule has 0 saturated heterocycles. The van der Waals surface area contributed by atoms with Crippen molar-refractivity contribution in [3.8, 4) is 0 Å². The minimum atomic E-state index is 0.455. The molecule has 9 heavy (non-hydrogen) atoms. The largest absolute Gasteiger partial charge is 0.365 e. The molecule has 0 aliphatic rings. The summed E-state index contributed by atoms with van der Waals surface area (Å²) in [6.45, 7) is 6.23. The van der Waals surface area contributed by atoms with E-state index in [2.05, 4.69) is 5.32 Å². The first-order chi connectivity index (χ1) is 4.41. The van der Waals surface area contributed by atoms with Crippen molar-refractivity contribution in [3.05, 3.63) is 0 Å². The molecule has 0 bridgehead atoms. The van der Waals surface area contributed by atoms with Gasteiger partial charge in [0.05, 0.1) is 0 Å². The predicted octanol–water partition coefficient (Wildman–Crippen LogP) is 0.579. The second-order valence-electron chi connectivity index (χ2n) is 1.47. The molecule has 55 valence electrons. The van der Waals surface area contributed by atoms with E-state index in [-0.39, 0.29) is 0 Å². The molecule has 0 atom stereocenters. The number of hydrogen-bond donors (Lipinski definition) is 0. The van der Waals surface area contributed by atoms with E-state index in [1.54, 1.807) is 0 Å². The van der Waals surface area contributed by atoms with Gasteiger partial charge in [-0.3, -0.25) is 0 Å². The first-order valence-corrected chi connectivity index (χ1v) is 3.20. The lowest BCUT2D eigenvalue weighted by atomic mass is 10.8. The van der Waals surface area contributed by atoms with Crippen LogP contribution >= 0.6 is 0 Å². The van der Waals surface area contributed by atoms with Crippen molar-refractivity contribution < 1.29 is 9.47 Å². The predicted molar refractivity (Wildman–Crippen MR) is 35.1 cm³/mol. The average molecular weight is 132 g/mol. The van der Waals surface area contributed by atoms with Gasteiger partial charge in [0, 0.05) is 13.2 Å². The minimum absolute atomic E-state index is 0.455. The van der Waals surface area contributed by atoms with Crippen LogP contribution in [0.2, 0.25) is 0 Å². The Bertz CT molecular complexity index is 44.3. The van der Waals surface area contributed by atoms with Crippen LogP contribution in [-0.2, 0) is 9.47 Å². The van der Waals surface area contributed by atoms with Crippen molar-refractivity contribution in [1.82, 2.24) is 5.32 Å². The molecular weight excluding hydrogens is 118 g/mol. The van der Waals surface area contributed by atoms with Crippen LogP contribution in [0.25, 0.3) is 0 Å². The second-order valence-corrected chi connectivity index (χ2v) is 1.47. The number of ether oxygens (including phenoxy) is 2. The average Bonchev–Trinajstić information content (AvgIpc) is 1.89. The summed E-state index contributed by atoms with van der Waals surface area (Å²) in [5.41, 5.74) is 0. The Morgan fingerprint density at radius 1 is 1.00 bits per heavy atom. The van der Waals surface area contributed by atoms with Gasteiger partial charge >= 0.3 is 0 Å². The van der Waals surface area contributed by atoms with Gasteiger partial charge in [-0.2, -0.15) is 5.32 Å². The summed E-state index contributed by atoms with van der Waals surface area (Å²) in [6.07, 6.45) is 0. The van der Waals surface area contributed by atoms with Crippen molar-refractivity contribution in [2.24, 2.45) is 0 Å². The highest BCUT2D eigenvalue weighted by Crippen LogP contribution is 1.72. The van der Waals surface area contributed by atoms with Gasteiger partial charge in [0.15, 0.2) is 0 Å². The third-order valence-electron chi connectivity index (χ3n) is 0.773. The van der Waals surface area contributed by atoms with Crippen LogP contribution in [0.3, 0.4) is 0 Å². The topological polar surface area (TPSA) is 32.6 Å². The highest BCUT2D eigenvalue weighted by atomic mass is 16.5. The third-order valence-corrected chi connectivity index (χ3v) is 0.773. The van der Waals surface area contributed by atoms with Gasteiger partial charge in [-0.05, 0) is 13.8 Å². The molecule has 0 aliphatic heterocycles.